The van der Waals surface area contributed by atoms with E-state index in [0.717, 1.165) is 21.7 Å². The molecule has 0 aliphatic heterocycles. The Morgan fingerprint density at radius 3 is 2.48 bits per heavy atom. The molecule has 2 aromatic rings. The van der Waals surface area contributed by atoms with Crippen LogP contribution < -0.4 is 5.32 Å². The van der Waals surface area contributed by atoms with Gasteiger partial charge in [0.1, 0.15) is 5.82 Å². The molecular formula is C19H21FN2O2S. The van der Waals surface area contributed by atoms with Crippen LogP contribution in [0.1, 0.15) is 11.1 Å². The molecule has 0 spiro atoms. The molecule has 6 heteroatoms. The lowest BCUT2D eigenvalue weighted by Crippen LogP contribution is -2.36. The molecule has 132 valence electrons. The number of hydrogen-bond donors (Lipinski definition) is 1. The van der Waals surface area contributed by atoms with Gasteiger partial charge in [-0.1, -0.05) is 12.1 Å². The molecule has 0 aliphatic carbocycles. The molecule has 0 saturated heterocycles. The molecule has 2 aromatic carbocycles. The van der Waals surface area contributed by atoms with Crippen LogP contribution >= 0.6 is 11.8 Å². The van der Waals surface area contributed by atoms with Gasteiger partial charge in [-0.05, 0) is 55.3 Å². The van der Waals surface area contributed by atoms with E-state index >= 15 is 0 Å². The fourth-order valence-corrected chi connectivity index (χ4v) is 3.00. The Morgan fingerprint density at radius 1 is 1.12 bits per heavy atom. The van der Waals surface area contributed by atoms with Crippen molar-refractivity contribution in [1.82, 2.24) is 4.90 Å². The summed E-state index contributed by atoms with van der Waals surface area (Å²) < 4.78 is 12.9. The third-order valence-electron chi connectivity index (χ3n) is 3.86. The van der Waals surface area contributed by atoms with Crippen molar-refractivity contribution in [2.24, 2.45) is 0 Å². The first-order chi connectivity index (χ1) is 11.9. The zero-order valence-corrected chi connectivity index (χ0v) is 15.3. The van der Waals surface area contributed by atoms with Crippen LogP contribution in [-0.4, -0.2) is 36.1 Å². The monoisotopic (exact) mass is 360 g/mol. The molecule has 0 unspecified atom stereocenters. The molecule has 4 nitrogen and oxygen atoms in total. The third-order valence-corrected chi connectivity index (χ3v) is 4.86. The number of halogens is 1. The van der Waals surface area contributed by atoms with Crippen LogP contribution in [0, 0.1) is 19.7 Å². The van der Waals surface area contributed by atoms with Crippen molar-refractivity contribution in [3.05, 3.63) is 59.4 Å². The van der Waals surface area contributed by atoms with Crippen molar-refractivity contribution in [3.63, 3.8) is 0 Å². The smallest absolute Gasteiger partial charge is 0.243 e. The first-order valence-electron chi connectivity index (χ1n) is 7.85. The molecule has 0 bridgehead atoms. The number of rotatable bonds is 6. The highest BCUT2D eigenvalue weighted by Gasteiger charge is 2.14. The van der Waals surface area contributed by atoms with E-state index in [1.165, 1.54) is 28.8 Å². The van der Waals surface area contributed by atoms with Crippen LogP contribution in [0.5, 0.6) is 0 Å². The van der Waals surface area contributed by atoms with E-state index in [2.05, 4.69) is 5.32 Å². The number of carbonyl (C=O) groups is 2. The molecule has 0 atom stereocenters. The second-order valence-electron chi connectivity index (χ2n) is 5.79. The standard InChI is InChI=1S/C19H21FN2O2S/c1-13-5-4-6-17(14(13)2)21-18(23)11-22(3)19(24)12-25-16-9-7-15(20)8-10-16/h4-10H,11-12H2,1-3H3,(H,21,23). The van der Waals surface area contributed by atoms with Crippen molar-refractivity contribution < 1.29 is 14.0 Å². The second kappa shape index (κ2) is 8.67. The molecule has 0 radical (unpaired) electrons. The summed E-state index contributed by atoms with van der Waals surface area (Å²) in [6.45, 7) is 3.91. The van der Waals surface area contributed by atoms with Gasteiger partial charge in [-0.25, -0.2) is 4.39 Å². The van der Waals surface area contributed by atoms with Crippen LogP contribution in [0.4, 0.5) is 10.1 Å². The summed E-state index contributed by atoms with van der Waals surface area (Å²) in [6.07, 6.45) is 0. The summed E-state index contributed by atoms with van der Waals surface area (Å²) in [5.74, 6) is -0.517. The van der Waals surface area contributed by atoms with Crippen molar-refractivity contribution in [3.8, 4) is 0 Å². The van der Waals surface area contributed by atoms with Gasteiger partial charge in [0, 0.05) is 17.6 Å². The molecule has 25 heavy (non-hydrogen) atoms. The van der Waals surface area contributed by atoms with E-state index < -0.39 is 0 Å². The quantitative estimate of drug-likeness (QED) is 0.801. The Labute approximate surface area is 151 Å². The van der Waals surface area contributed by atoms with Gasteiger partial charge in [-0.15, -0.1) is 11.8 Å². The van der Waals surface area contributed by atoms with Crippen LogP contribution in [0.2, 0.25) is 0 Å². The Balaban J connectivity index is 1.84. The Hall–Kier alpha value is -2.34. The number of aryl methyl sites for hydroxylation is 1. The minimum Gasteiger partial charge on any atom is -0.336 e. The third kappa shape index (κ3) is 5.60. The average molecular weight is 360 g/mol. The molecule has 0 aromatic heterocycles. The fraction of sp³-hybridized carbons (Fsp3) is 0.263. The molecule has 0 aliphatic rings. The minimum atomic E-state index is -0.309. The highest BCUT2D eigenvalue weighted by Crippen LogP contribution is 2.19. The van der Waals surface area contributed by atoms with Gasteiger partial charge in [-0.2, -0.15) is 0 Å². The molecular weight excluding hydrogens is 339 g/mol. The molecule has 0 saturated carbocycles. The van der Waals surface area contributed by atoms with Gasteiger partial charge in [0.15, 0.2) is 0 Å². The SMILES string of the molecule is Cc1cccc(NC(=O)CN(C)C(=O)CSc2ccc(F)cc2)c1C. The van der Waals surface area contributed by atoms with Crippen LogP contribution in [0.25, 0.3) is 0 Å². The van der Waals surface area contributed by atoms with E-state index in [0.29, 0.717) is 0 Å². The van der Waals surface area contributed by atoms with E-state index in [1.807, 2.05) is 32.0 Å². The average Bonchev–Trinajstić information content (AvgIpc) is 2.58. The lowest BCUT2D eigenvalue weighted by molar-refractivity contribution is -0.131. The first kappa shape index (κ1) is 19.0. The van der Waals surface area contributed by atoms with Crippen molar-refractivity contribution >= 4 is 29.3 Å². The fourth-order valence-electron chi connectivity index (χ4n) is 2.17. The number of thioether (sulfide) groups is 1. The number of hydrogen-bond acceptors (Lipinski definition) is 3. The highest BCUT2D eigenvalue weighted by molar-refractivity contribution is 8.00. The van der Waals surface area contributed by atoms with Crippen LogP contribution in [0.3, 0.4) is 0 Å². The molecule has 0 fully saturated rings. The Kier molecular flexibility index (Phi) is 6.58. The van der Waals surface area contributed by atoms with E-state index in [9.17, 15) is 14.0 Å². The Bertz CT molecular complexity index is 763. The molecule has 2 rings (SSSR count). The van der Waals surface area contributed by atoms with Crippen molar-refractivity contribution in [1.29, 1.82) is 0 Å². The number of nitrogens with one attached hydrogen (secondary N) is 1. The van der Waals surface area contributed by atoms with Crippen LogP contribution in [-0.2, 0) is 9.59 Å². The van der Waals surface area contributed by atoms with Crippen molar-refractivity contribution in [2.45, 2.75) is 18.7 Å². The lowest BCUT2D eigenvalue weighted by Gasteiger charge is -2.17. The summed E-state index contributed by atoms with van der Waals surface area (Å²) >= 11 is 1.31. The molecule has 1 N–H and O–H groups in total. The van der Waals surface area contributed by atoms with E-state index in [1.54, 1.807) is 19.2 Å². The molecule has 2 amide bonds. The Morgan fingerprint density at radius 2 is 1.80 bits per heavy atom. The van der Waals surface area contributed by atoms with Crippen molar-refractivity contribution in [2.75, 3.05) is 24.7 Å². The maximum absolute atomic E-state index is 12.9. The van der Waals surface area contributed by atoms with Gasteiger partial charge in [0.05, 0.1) is 12.3 Å². The zero-order chi connectivity index (χ0) is 18.4. The molecule has 0 heterocycles. The minimum absolute atomic E-state index is 0.0177. The summed E-state index contributed by atoms with van der Waals surface area (Å²) in [6, 6.07) is 11.7. The highest BCUT2D eigenvalue weighted by atomic mass is 32.2. The number of amides is 2. The second-order valence-corrected chi connectivity index (χ2v) is 6.84. The lowest BCUT2D eigenvalue weighted by atomic mass is 10.1. The van der Waals surface area contributed by atoms with Gasteiger partial charge in [-0.3, -0.25) is 9.59 Å². The number of anilines is 1. The number of carbonyl (C=O) groups excluding carboxylic acids is 2. The topological polar surface area (TPSA) is 49.4 Å². The van der Waals surface area contributed by atoms with Gasteiger partial charge < -0.3 is 10.2 Å². The van der Waals surface area contributed by atoms with E-state index in [-0.39, 0.29) is 29.9 Å². The summed E-state index contributed by atoms with van der Waals surface area (Å²) in [4.78, 5) is 26.5. The number of nitrogens with zero attached hydrogens (tertiary/aromatic N) is 1. The van der Waals surface area contributed by atoms with E-state index in [4.69, 9.17) is 0 Å². The zero-order valence-electron chi connectivity index (χ0n) is 14.5. The van der Waals surface area contributed by atoms with Crippen LogP contribution in [0.15, 0.2) is 47.4 Å². The largest absolute Gasteiger partial charge is 0.336 e. The number of likely N-dealkylation sites (N-methyl/N-ethyl adjacent to an activating group) is 1. The van der Waals surface area contributed by atoms with Gasteiger partial charge in [0.25, 0.3) is 0 Å². The maximum Gasteiger partial charge on any atom is 0.243 e. The predicted molar refractivity (Wildman–Crippen MR) is 99.3 cm³/mol. The summed E-state index contributed by atoms with van der Waals surface area (Å²) in [7, 11) is 1.59. The summed E-state index contributed by atoms with van der Waals surface area (Å²) in [5.41, 5.74) is 2.86. The number of benzene rings is 2. The normalized spacial score (nSPS) is 10.4. The maximum atomic E-state index is 12.9. The van der Waals surface area contributed by atoms with Gasteiger partial charge in [0.2, 0.25) is 11.8 Å². The summed E-state index contributed by atoms with van der Waals surface area (Å²) in [5, 5.41) is 2.84. The van der Waals surface area contributed by atoms with Gasteiger partial charge >= 0.3 is 0 Å². The predicted octanol–water partition coefficient (Wildman–Crippen LogP) is 3.63. The first-order valence-corrected chi connectivity index (χ1v) is 8.84.